The van der Waals surface area contributed by atoms with Gasteiger partial charge in [-0.2, -0.15) is 8.78 Å². The highest BCUT2D eigenvalue weighted by Gasteiger charge is 2.51. The van der Waals surface area contributed by atoms with Gasteiger partial charge in [-0.15, -0.1) is 11.3 Å². The maximum atomic E-state index is 13.5. The molecule has 2 aromatic heterocycles. The lowest BCUT2D eigenvalue weighted by Gasteiger charge is -2.40. The number of ether oxygens (including phenoxy) is 1. The molecule has 3 heterocycles. The Labute approximate surface area is 227 Å². The van der Waals surface area contributed by atoms with Crippen molar-refractivity contribution in [2.45, 2.75) is 37.7 Å². The molecule has 0 bridgehead atoms. The molecule has 0 saturated carbocycles. The number of carbonyl (C=O) groups is 2. The van der Waals surface area contributed by atoms with Gasteiger partial charge in [-0.3, -0.25) is 14.9 Å². The van der Waals surface area contributed by atoms with E-state index in [1.165, 1.54) is 24.6 Å². The Morgan fingerprint density at radius 2 is 1.87 bits per heavy atom. The minimum atomic E-state index is -3.96. The standard InChI is InChI=1S/C24H24F2N6O5S2/c1-4-17-24(2,31-23(32(3)39(17,35)36)30-19(33)14-8-6-5-7-9-14)21-29-18(13-38-21)28-20(34)16-11-10-15(12-27-16)37-22(25)26/h5-13,17,22H,4H2,1-3H3,(H,28,34)(H,30,31,33). The zero-order chi connectivity index (χ0) is 28.4. The van der Waals surface area contributed by atoms with E-state index in [0.29, 0.717) is 10.6 Å². The number of hydrogen-bond acceptors (Lipinski definition) is 9. The van der Waals surface area contributed by atoms with E-state index in [-0.39, 0.29) is 29.6 Å². The van der Waals surface area contributed by atoms with Crippen LogP contribution >= 0.6 is 11.3 Å². The number of sulfonamides is 1. The van der Waals surface area contributed by atoms with Crippen molar-refractivity contribution < 1.29 is 31.5 Å². The minimum Gasteiger partial charge on any atom is -0.433 e. The monoisotopic (exact) mass is 578 g/mol. The van der Waals surface area contributed by atoms with E-state index in [1.807, 2.05) is 0 Å². The van der Waals surface area contributed by atoms with Gasteiger partial charge in [-0.1, -0.05) is 25.1 Å². The number of carbonyl (C=O) groups excluding carboxylic acids is 2. The number of halogens is 2. The fourth-order valence-electron chi connectivity index (χ4n) is 4.06. The second kappa shape index (κ2) is 11.0. The summed E-state index contributed by atoms with van der Waals surface area (Å²) in [5.74, 6) is -1.44. The van der Waals surface area contributed by atoms with Crippen LogP contribution in [-0.4, -0.2) is 59.4 Å². The van der Waals surface area contributed by atoms with E-state index in [0.717, 1.165) is 21.8 Å². The van der Waals surface area contributed by atoms with Crippen LogP contribution in [0.3, 0.4) is 0 Å². The van der Waals surface area contributed by atoms with Gasteiger partial charge >= 0.3 is 6.61 Å². The summed E-state index contributed by atoms with van der Waals surface area (Å²) in [5.41, 5.74) is -1.14. The maximum absolute atomic E-state index is 13.5. The molecule has 0 saturated heterocycles. The lowest BCUT2D eigenvalue weighted by molar-refractivity contribution is -0.0500. The summed E-state index contributed by atoms with van der Waals surface area (Å²) in [6, 6.07) is 10.7. The van der Waals surface area contributed by atoms with Crippen molar-refractivity contribution in [2.75, 3.05) is 12.4 Å². The van der Waals surface area contributed by atoms with Gasteiger partial charge in [0.25, 0.3) is 11.8 Å². The highest BCUT2D eigenvalue weighted by molar-refractivity contribution is 7.90. The summed E-state index contributed by atoms with van der Waals surface area (Å²) in [4.78, 5) is 38.3. The first-order chi connectivity index (χ1) is 18.5. The summed E-state index contributed by atoms with van der Waals surface area (Å²) in [5, 5.41) is 5.94. The maximum Gasteiger partial charge on any atom is 0.387 e. The SMILES string of the molecule is CCC1C(C)(c2nc(NC(=O)c3ccc(OC(F)F)cn3)cs2)N=C(NC(=O)c2ccccc2)N(C)S1(=O)=O. The zero-order valence-electron chi connectivity index (χ0n) is 21.0. The van der Waals surface area contributed by atoms with Crippen molar-refractivity contribution in [1.29, 1.82) is 0 Å². The van der Waals surface area contributed by atoms with E-state index < -0.39 is 39.2 Å². The number of hydrogen-bond donors (Lipinski definition) is 2. The average Bonchev–Trinajstić information content (AvgIpc) is 3.37. The van der Waals surface area contributed by atoms with Crippen LogP contribution in [-0.2, 0) is 15.6 Å². The molecule has 2 atom stereocenters. The van der Waals surface area contributed by atoms with E-state index in [1.54, 1.807) is 44.2 Å². The fourth-order valence-corrected chi connectivity index (χ4v) is 6.92. The summed E-state index contributed by atoms with van der Waals surface area (Å²) in [7, 11) is -2.64. The summed E-state index contributed by atoms with van der Waals surface area (Å²) < 4.78 is 56.8. The van der Waals surface area contributed by atoms with Crippen LogP contribution in [0.15, 0.2) is 59.0 Å². The Balaban J connectivity index is 1.61. The van der Waals surface area contributed by atoms with Gasteiger partial charge in [0.15, 0.2) is 0 Å². The Kier molecular flexibility index (Phi) is 7.92. The van der Waals surface area contributed by atoms with E-state index >= 15 is 0 Å². The second-order valence-corrected chi connectivity index (χ2v) is 11.6. The fraction of sp³-hybridized carbons (Fsp3) is 0.292. The van der Waals surface area contributed by atoms with Gasteiger partial charge in [0.1, 0.15) is 33.1 Å². The molecule has 2 unspecified atom stereocenters. The number of nitrogens with zero attached hydrogens (tertiary/aromatic N) is 4. The molecule has 11 nitrogen and oxygen atoms in total. The second-order valence-electron chi connectivity index (χ2n) is 8.56. The number of pyridine rings is 1. The zero-order valence-corrected chi connectivity index (χ0v) is 22.6. The Morgan fingerprint density at radius 3 is 2.49 bits per heavy atom. The average molecular weight is 579 g/mol. The lowest BCUT2D eigenvalue weighted by atomic mass is 9.97. The number of amides is 2. The van der Waals surface area contributed by atoms with Crippen LogP contribution in [0.1, 0.15) is 46.1 Å². The van der Waals surface area contributed by atoms with E-state index in [9.17, 15) is 26.8 Å². The minimum absolute atomic E-state index is 0.0744. The first-order valence-electron chi connectivity index (χ1n) is 11.6. The lowest BCUT2D eigenvalue weighted by Crippen LogP contribution is -2.58. The molecule has 39 heavy (non-hydrogen) atoms. The molecule has 0 spiro atoms. The number of benzene rings is 1. The Bertz CT molecular complexity index is 1500. The van der Waals surface area contributed by atoms with Crippen molar-refractivity contribution in [3.63, 3.8) is 0 Å². The number of guanidine groups is 1. The number of aromatic nitrogens is 2. The highest BCUT2D eigenvalue weighted by Crippen LogP contribution is 2.41. The third-order valence-electron chi connectivity index (χ3n) is 6.01. The van der Waals surface area contributed by atoms with Crippen molar-refractivity contribution in [1.82, 2.24) is 19.6 Å². The van der Waals surface area contributed by atoms with Crippen LogP contribution in [0.25, 0.3) is 0 Å². The summed E-state index contributed by atoms with van der Waals surface area (Å²) >= 11 is 1.09. The third-order valence-corrected chi connectivity index (χ3v) is 9.53. The molecular formula is C24H24F2N6O5S2. The van der Waals surface area contributed by atoms with Gasteiger partial charge in [-0.05, 0) is 37.6 Å². The van der Waals surface area contributed by atoms with Crippen molar-refractivity contribution in [2.24, 2.45) is 4.99 Å². The predicted molar refractivity (Wildman–Crippen MR) is 140 cm³/mol. The van der Waals surface area contributed by atoms with Gasteiger partial charge in [0.2, 0.25) is 16.0 Å². The molecular weight excluding hydrogens is 554 g/mol. The van der Waals surface area contributed by atoms with Crippen LogP contribution in [0.2, 0.25) is 0 Å². The molecule has 0 radical (unpaired) electrons. The normalized spacial score (nSPS) is 20.3. The molecule has 206 valence electrons. The molecule has 15 heteroatoms. The van der Waals surface area contributed by atoms with Crippen molar-refractivity contribution in [3.8, 4) is 5.75 Å². The van der Waals surface area contributed by atoms with Gasteiger partial charge in [-0.25, -0.2) is 27.7 Å². The van der Waals surface area contributed by atoms with Crippen LogP contribution in [0, 0.1) is 0 Å². The number of thiazole rings is 1. The summed E-state index contributed by atoms with van der Waals surface area (Å²) in [6.45, 7) is 0.293. The van der Waals surface area contributed by atoms with Gasteiger partial charge in [0, 0.05) is 18.0 Å². The van der Waals surface area contributed by atoms with Crippen molar-refractivity contribution >= 4 is 45.0 Å². The van der Waals surface area contributed by atoms with Crippen LogP contribution < -0.4 is 15.4 Å². The number of nitrogens with one attached hydrogen (secondary N) is 2. The number of aliphatic imine (C=N–C) groups is 1. The Hall–Kier alpha value is -3.98. The summed E-state index contributed by atoms with van der Waals surface area (Å²) in [6.07, 6.45) is 1.19. The first kappa shape index (κ1) is 28.0. The number of rotatable bonds is 7. The molecule has 2 N–H and O–H groups in total. The number of anilines is 1. The molecule has 4 rings (SSSR count). The highest BCUT2D eigenvalue weighted by atomic mass is 32.2. The third kappa shape index (κ3) is 5.73. The molecule has 1 aromatic carbocycles. The van der Waals surface area contributed by atoms with Crippen molar-refractivity contribution in [3.05, 3.63) is 70.3 Å². The van der Waals surface area contributed by atoms with Crippen LogP contribution in [0.5, 0.6) is 5.75 Å². The predicted octanol–water partition coefficient (Wildman–Crippen LogP) is 3.45. The van der Waals surface area contributed by atoms with E-state index in [2.05, 4.69) is 30.3 Å². The molecule has 1 aliphatic rings. The largest absolute Gasteiger partial charge is 0.433 e. The molecule has 1 aliphatic heterocycles. The Morgan fingerprint density at radius 1 is 1.15 bits per heavy atom. The molecule has 2 amide bonds. The van der Waals surface area contributed by atoms with E-state index in [4.69, 9.17) is 0 Å². The topological polar surface area (TPSA) is 143 Å². The number of alkyl halides is 2. The smallest absolute Gasteiger partial charge is 0.387 e. The van der Waals surface area contributed by atoms with Gasteiger partial charge in [0.05, 0.1) is 6.20 Å². The molecule has 0 aliphatic carbocycles. The first-order valence-corrected chi connectivity index (χ1v) is 14.0. The molecule has 3 aromatic rings. The quantitative estimate of drug-likeness (QED) is 0.437. The van der Waals surface area contributed by atoms with Gasteiger partial charge < -0.3 is 10.1 Å². The molecule has 0 fully saturated rings. The van der Waals surface area contributed by atoms with Crippen LogP contribution in [0.4, 0.5) is 14.6 Å².